The molecule has 0 unspecified atom stereocenters. The standard InChI is InChI=1S/C43H32N2/c1-43(2)39-18-10-8-16-35(39)38-27-33(23-25-40(38)43)44(31-14-4-3-5-15-31)34-22-24-37-36-17-9-11-19-41(36)45(42(37)28-34)32-21-20-29-12-6-7-13-30(29)26-32/h3-28H,1-2H3. The van der Waals surface area contributed by atoms with Gasteiger partial charge in [0.25, 0.3) is 0 Å². The van der Waals surface area contributed by atoms with Gasteiger partial charge >= 0.3 is 0 Å². The van der Waals surface area contributed by atoms with Gasteiger partial charge in [0.05, 0.1) is 11.0 Å². The van der Waals surface area contributed by atoms with E-state index in [0.29, 0.717) is 0 Å². The summed E-state index contributed by atoms with van der Waals surface area (Å²) in [6.07, 6.45) is 0. The molecular weight excluding hydrogens is 544 g/mol. The molecule has 0 aliphatic heterocycles. The Morgan fingerprint density at radius 1 is 0.444 bits per heavy atom. The van der Waals surface area contributed by atoms with Crippen LogP contribution >= 0.6 is 0 Å². The van der Waals surface area contributed by atoms with E-state index in [1.165, 1.54) is 60.5 Å². The van der Waals surface area contributed by atoms with Crippen molar-refractivity contribution in [1.29, 1.82) is 0 Å². The number of hydrogen-bond donors (Lipinski definition) is 0. The van der Waals surface area contributed by atoms with Crippen molar-refractivity contribution in [2.24, 2.45) is 0 Å². The summed E-state index contributed by atoms with van der Waals surface area (Å²) in [5, 5.41) is 5.00. The first-order valence-corrected chi connectivity index (χ1v) is 15.7. The highest BCUT2D eigenvalue weighted by Crippen LogP contribution is 2.50. The summed E-state index contributed by atoms with van der Waals surface area (Å²) in [5.74, 6) is 0. The molecular formula is C43H32N2. The van der Waals surface area contributed by atoms with Crippen molar-refractivity contribution in [3.05, 3.63) is 169 Å². The molecule has 1 aliphatic carbocycles. The van der Waals surface area contributed by atoms with E-state index in [9.17, 15) is 0 Å². The third-order valence-corrected chi connectivity index (χ3v) is 9.75. The lowest BCUT2D eigenvalue weighted by molar-refractivity contribution is 0.660. The number of benzene rings is 7. The summed E-state index contributed by atoms with van der Waals surface area (Å²) in [6, 6.07) is 57.7. The summed E-state index contributed by atoms with van der Waals surface area (Å²) in [7, 11) is 0. The molecule has 214 valence electrons. The number of anilines is 3. The Morgan fingerprint density at radius 3 is 2.00 bits per heavy atom. The molecule has 2 nitrogen and oxygen atoms in total. The molecule has 0 saturated carbocycles. The van der Waals surface area contributed by atoms with Crippen LogP contribution in [0.4, 0.5) is 17.1 Å². The van der Waals surface area contributed by atoms with E-state index in [1.54, 1.807) is 0 Å². The van der Waals surface area contributed by atoms with Gasteiger partial charge < -0.3 is 9.47 Å². The van der Waals surface area contributed by atoms with Crippen molar-refractivity contribution >= 4 is 49.6 Å². The Kier molecular flexibility index (Phi) is 5.58. The zero-order chi connectivity index (χ0) is 30.1. The van der Waals surface area contributed by atoms with Crippen LogP contribution in [0.3, 0.4) is 0 Å². The van der Waals surface area contributed by atoms with Crippen molar-refractivity contribution in [1.82, 2.24) is 4.57 Å². The van der Waals surface area contributed by atoms with Crippen LogP contribution in [0.1, 0.15) is 25.0 Å². The normalized spacial score (nSPS) is 13.3. The van der Waals surface area contributed by atoms with Gasteiger partial charge in [-0.2, -0.15) is 0 Å². The molecule has 8 aromatic rings. The zero-order valence-electron chi connectivity index (χ0n) is 25.4. The minimum Gasteiger partial charge on any atom is -0.310 e. The van der Waals surface area contributed by atoms with E-state index in [4.69, 9.17) is 0 Å². The lowest BCUT2D eigenvalue weighted by Gasteiger charge is -2.27. The Labute approximate surface area is 263 Å². The quantitative estimate of drug-likeness (QED) is 0.202. The Bertz CT molecular complexity index is 2410. The van der Waals surface area contributed by atoms with E-state index in [2.05, 4.69) is 181 Å². The van der Waals surface area contributed by atoms with Gasteiger partial charge in [-0.15, -0.1) is 0 Å². The molecule has 9 rings (SSSR count). The molecule has 0 spiro atoms. The van der Waals surface area contributed by atoms with Gasteiger partial charge in [-0.3, -0.25) is 0 Å². The van der Waals surface area contributed by atoms with Crippen molar-refractivity contribution in [3.8, 4) is 16.8 Å². The third-order valence-electron chi connectivity index (χ3n) is 9.75. The minimum atomic E-state index is -0.0261. The van der Waals surface area contributed by atoms with Crippen LogP contribution < -0.4 is 4.90 Å². The summed E-state index contributed by atoms with van der Waals surface area (Å²) >= 11 is 0. The lowest BCUT2D eigenvalue weighted by atomic mass is 9.82. The maximum Gasteiger partial charge on any atom is 0.0561 e. The SMILES string of the molecule is CC1(C)c2ccccc2-c2cc(N(c3ccccc3)c3ccc4c5ccccc5n(-c5ccc6ccccc6c5)c4c3)ccc21. The predicted octanol–water partition coefficient (Wildman–Crippen LogP) is 11.7. The fourth-order valence-corrected chi connectivity index (χ4v) is 7.56. The van der Waals surface area contributed by atoms with E-state index in [1.807, 2.05) is 0 Å². The largest absolute Gasteiger partial charge is 0.310 e. The molecule has 0 atom stereocenters. The van der Waals surface area contributed by atoms with Crippen molar-refractivity contribution in [3.63, 3.8) is 0 Å². The Hall–Kier alpha value is -5.60. The molecule has 1 aliphatic rings. The first kappa shape index (κ1) is 25.9. The fraction of sp³-hybridized carbons (Fsp3) is 0.0698. The lowest BCUT2D eigenvalue weighted by Crippen LogP contribution is -2.15. The van der Waals surface area contributed by atoms with E-state index in [-0.39, 0.29) is 5.41 Å². The van der Waals surface area contributed by atoms with Crippen LogP contribution in [0.25, 0.3) is 49.4 Å². The van der Waals surface area contributed by atoms with Gasteiger partial charge in [0.2, 0.25) is 0 Å². The van der Waals surface area contributed by atoms with Crippen molar-refractivity contribution in [2.75, 3.05) is 4.90 Å². The smallest absolute Gasteiger partial charge is 0.0561 e. The summed E-state index contributed by atoms with van der Waals surface area (Å²) < 4.78 is 2.42. The first-order chi connectivity index (χ1) is 22.1. The Morgan fingerprint density at radius 2 is 1.11 bits per heavy atom. The summed E-state index contributed by atoms with van der Waals surface area (Å²) in [6.45, 7) is 4.68. The first-order valence-electron chi connectivity index (χ1n) is 15.7. The van der Waals surface area contributed by atoms with Crippen LogP contribution in [0, 0.1) is 0 Å². The number of fused-ring (bicyclic) bond motifs is 7. The van der Waals surface area contributed by atoms with Gasteiger partial charge in [0, 0.05) is 38.9 Å². The highest BCUT2D eigenvalue weighted by Gasteiger charge is 2.35. The average molecular weight is 577 g/mol. The number of para-hydroxylation sites is 2. The number of rotatable bonds is 4. The fourth-order valence-electron chi connectivity index (χ4n) is 7.56. The van der Waals surface area contributed by atoms with Gasteiger partial charge in [-0.05, 0) is 87.6 Å². The molecule has 1 aromatic heterocycles. The molecule has 0 radical (unpaired) electrons. The molecule has 0 saturated heterocycles. The van der Waals surface area contributed by atoms with Gasteiger partial charge in [0.1, 0.15) is 0 Å². The molecule has 0 amide bonds. The van der Waals surface area contributed by atoms with Gasteiger partial charge in [-0.25, -0.2) is 0 Å². The molecule has 45 heavy (non-hydrogen) atoms. The van der Waals surface area contributed by atoms with Crippen LogP contribution in [-0.4, -0.2) is 4.57 Å². The van der Waals surface area contributed by atoms with Crippen molar-refractivity contribution < 1.29 is 0 Å². The van der Waals surface area contributed by atoms with E-state index in [0.717, 1.165) is 17.1 Å². The zero-order valence-corrected chi connectivity index (χ0v) is 25.4. The van der Waals surface area contributed by atoms with Gasteiger partial charge in [0.15, 0.2) is 0 Å². The molecule has 0 bridgehead atoms. The molecule has 2 heteroatoms. The third kappa shape index (κ3) is 3.89. The molecule has 0 N–H and O–H groups in total. The Balaban J connectivity index is 1.28. The topological polar surface area (TPSA) is 8.17 Å². The highest BCUT2D eigenvalue weighted by atomic mass is 15.1. The second-order valence-electron chi connectivity index (χ2n) is 12.7. The summed E-state index contributed by atoms with van der Waals surface area (Å²) in [5.41, 5.74) is 12.4. The van der Waals surface area contributed by atoms with Gasteiger partial charge in [-0.1, -0.05) is 117 Å². The number of nitrogens with zero attached hydrogens (tertiary/aromatic N) is 2. The number of hydrogen-bond acceptors (Lipinski definition) is 1. The average Bonchev–Trinajstić information content (AvgIpc) is 3.53. The highest BCUT2D eigenvalue weighted by molar-refractivity contribution is 6.10. The second kappa shape index (κ2) is 9.70. The predicted molar refractivity (Wildman–Crippen MR) is 191 cm³/mol. The van der Waals surface area contributed by atoms with E-state index >= 15 is 0 Å². The second-order valence-corrected chi connectivity index (χ2v) is 12.7. The summed E-state index contributed by atoms with van der Waals surface area (Å²) in [4.78, 5) is 2.40. The molecule has 1 heterocycles. The van der Waals surface area contributed by atoms with Crippen molar-refractivity contribution in [2.45, 2.75) is 19.3 Å². The number of aromatic nitrogens is 1. The maximum atomic E-state index is 2.42. The molecule has 0 fully saturated rings. The molecule has 7 aromatic carbocycles. The van der Waals surface area contributed by atoms with Crippen LogP contribution in [0.2, 0.25) is 0 Å². The maximum absolute atomic E-state index is 2.42. The minimum absolute atomic E-state index is 0.0261. The van der Waals surface area contributed by atoms with Crippen LogP contribution in [-0.2, 0) is 5.41 Å². The monoisotopic (exact) mass is 576 g/mol. The van der Waals surface area contributed by atoms with E-state index < -0.39 is 0 Å². The van der Waals surface area contributed by atoms with Crippen LogP contribution in [0.15, 0.2) is 158 Å². The van der Waals surface area contributed by atoms with Crippen LogP contribution in [0.5, 0.6) is 0 Å².